The lowest BCUT2D eigenvalue weighted by Crippen LogP contribution is -2.46. The van der Waals surface area contributed by atoms with E-state index in [1.54, 1.807) is 0 Å². The van der Waals surface area contributed by atoms with Gasteiger partial charge >= 0.3 is 6.03 Å². The van der Waals surface area contributed by atoms with Crippen LogP contribution in [0.1, 0.15) is 51.2 Å². The Hall–Kier alpha value is -1.55. The normalized spacial score (nSPS) is 21.2. The van der Waals surface area contributed by atoms with Crippen molar-refractivity contribution in [3.05, 3.63) is 35.4 Å². The molecule has 1 fully saturated rings. The van der Waals surface area contributed by atoms with Crippen LogP contribution in [0.3, 0.4) is 0 Å². The Morgan fingerprint density at radius 1 is 1.30 bits per heavy atom. The van der Waals surface area contributed by atoms with Crippen molar-refractivity contribution in [2.75, 3.05) is 6.61 Å². The fraction of sp³-hybridized carbons (Fsp3) is 0.632. The lowest BCUT2D eigenvalue weighted by molar-refractivity contribution is 0.00193. The number of nitrogens with one attached hydrogen (secondary N) is 2. The Morgan fingerprint density at radius 2 is 2.04 bits per heavy atom. The highest BCUT2D eigenvalue weighted by Gasteiger charge is 2.22. The molecule has 1 heterocycles. The molecule has 2 unspecified atom stereocenters. The predicted molar refractivity (Wildman–Crippen MR) is 93.4 cm³/mol. The van der Waals surface area contributed by atoms with Gasteiger partial charge in [-0.1, -0.05) is 45.0 Å². The molecule has 1 aliphatic rings. The summed E-state index contributed by atoms with van der Waals surface area (Å²) in [5, 5.41) is 6.09. The average Bonchev–Trinajstić information content (AvgIpc) is 2.53. The van der Waals surface area contributed by atoms with Crippen LogP contribution in [0, 0.1) is 5.92 Å². The number of ether oxygens (including phenoxy) is 1. The molecule has 0 radical (unpaired) electrons. The highest BCUT2D eigenvalue weighted by Crippen LogP contribution is 2.16. The van der Waals surface area contributed by atoms with Crippen LogP contribution in [0.15, 0.2) is 24.3 Å². The summed E-state index contributed by atoms with van der Waals surface area (Å²) in [5.74, 6) is 0.609. The van der Waals surface area contributed by atoms with Gasteiger partial charge in [0, 0.05) is 19.2 Å². The molecule has 0 spiro atoms. The first-order valence-corrected chi connectivity index (χ1v) is 8.81. The standard InChI is InChI=1S/C19H30N2O2/c1-4-18-12-17(9-10-23-18)21-19(22)20-13-16-8-6-5-7-15(16)11-14(2)3/h5-8,14,17-18H,4,9-13H2,1-3H3,(H2,20,21,22). The predicted octanol–water partition coefficient (Wildman–Crippen LogP) is 3.64. The third-order valence-electron chi connectivity index (χ3n) is 4.34. The smallest absolute Gasteiger partial charge is 0.315 e. The fourth-order valence-corrected chi connectivity index (χ4v) is 3.08. The van der Waals surface area contributed by atoms with Crippen LogP contribution in [0.25, 0.3) is 0 Å². The first kappa shape index (κ1) is 17.8. The molecular formula is C19H30N2O2. The molecule has 128 valence electrons. The third kappa shape index (κ3) is 5.87. The second kappa shape index (κ2) is 8.92. The number of urea groups is 1. The molecule has 2 rings (SSSR count). The lowest BCUT2D eigenvalue weighted by atomic mass is 9.98. The number of benzene rings is 1. The Bertz CT molecular complexity index is 502. The summed E-state index contributed by atoms with van der Waals surface area (Å²) in [7, 11) is 0. The van der Waals surface area contributed by atoms with Crippen molar-refractivity contribution in [2.24, 2.45) is 5.92 Å². The van der Waals surface area contributed by atoms with Gasteiger partial charge in [-0.25, -0.2) is 4.79 Å². The fourth-order valence-electron chi connectivity index (χ4n) is 3.08. The zero-order valence-electron chi connectivity index (χ0n) is 14.6. The molecule has 0 saturated carbocycles. The van der Waals surface area contributed by atoms with E-state index >= 15 is 0 Å². The first-order valence-electron chi connectivity index (χ1n) is 8.81. The molecule has 0 aliphatic carbocycles. The summed E-state index contributed by atoms with van der Waals surface area (Å²) >= 11 is 0. The van der Waals surface area contributed by atoms with Gasteiger partial charge < -0.3 is 15.4 Å². The SMILES string of the molecule is CCC1CC(NC(=O)NCc2ccccc2CC(C)C)CCO1. The largest absolute Gasteiger partial charge is 0.378 e. The Labute approximate surface area is 140 Å². The van der Waals surface area contributed by atoms with E-state index in [0.717, 1.165) is 32.3 Å². The molecule has 0 aromatic heterocycles. The highest BCUT2D eigenvalue weighted by molar-refractivity contribution is 5.74. The van der Waals surface area contributed by atoms with Crippen LogP contribution in [-0.4, -0.2) is 24.8 Å². The maximum absolute atomic E-state index is 12.2. The van der Waals surface area contributed by atoms with Crippen LogP contribution < -0.4 is 10.6 Å². The van der Waals surface area contributed by atoms with Crippen molar-refractivity contribution in [3.8, 4) is 0 Å². The van der Waals surface area contributed by atoms with Gasteiger partial charge in [-0.3, -0.25) is 0 Å². The minimum absolute atomic E-state index is 0.0777. The number of carbonyl (C=O) groups is 1. The van der Waals surface area contributed by atoms with Gasteiger partial charge in [-0.05, 0) is 42.7 Å². The summed E-state index contributed by atoms with van der Waals surface area (Å²) < 4.78 is 5.65. The maximum atomic E-state index is 12.2. The van der Waals surface area contributed by atoms with Gasteiger partial charge in [0.1, 0.15) is 0 Å². The van der Waals surface area contributed by atoms with E-state index in [4.69, 9.17) is 4.74 Å². The van der Waals surface area contributed by atoms with E-state index in [2.05, 4.69) is 49.6 Å². The van der Waals surface area contributed by atoms with Gasteiger partial charge in [0.25, 0.3) is 0 Å². The second-order valence-corrected chi connectivity index (χ2v) is 6.82. The summed E-state index contributed by atoms with van der Waals surface area (Å²) in [4.78, 5) is 12.2. The molecule has 4 nitrogen and oxygen atoms in total. The Balaban J connectivity index is 1.82. The van der Waals surface area contributed by atoms with Crippen molar-refractivity contribution < 1.29 is 9.53 Å². The third-order valence-corrected chi connectivity index (χ3v) is 4.34. The molecule has 1 saturated heterocycles. The van der Waals surface area contributed by atoms with Gasteiger partial charge in [0.05, 0.1) is 6.10 Å². The van der Waals surface area contributed by atoms with Crippen LogP contribution >= 0.6 is 0 Å². The van der Waals surface area contributed by atoms with Crippen LogP contribution in [-0.2, 0) is 17.7 Å². The molecule has 2 atom stereocenters. The minimum atomic E-state index is -0.0777. The topological polar surface area (TPSA) is 50.4 Å². The Kier molecular flexibility index (Phi) is 6.90. The zero-order valence-corrected chi connectivity index (χ0v) is 14.6. The maximum Gasteiger partial charge on any atom is 0.315 e. The molecule has 2 N–H and O–H groups in total. The second-order valence-electron chi connectivity index (χ2n) is 6.82. The molecular weight excluding hydrogens is 288 g/mol. The summed E-state index contributed by atoms with van der Waals surface area (Å²) in [5.41, 5.74) is 2.52. The van der Waals surface area contributed by atoms with Crippen LogP contribution in [0.5, 0.6) is 0 Å². The van der Waals surface area contributed by atoms with Crippen molar-refractivity contribution >= 4 is 6.03 Å². The molecule has 1 aromatic carbocycles. The van der Waals surface area contributed by atoms with Gasteiger partial charge in [-0.15, -0.1) is 0 Å². The monoisotopic (exact) mass is 318 g/mol. The molecule has 23 heavy (non-hydrogen) atoms. The average molecular weight is 318 g/mol. The van der Waals surface area contributed by atoms with E-state index in [-0.39, 0.29) is 18.2 Å². The number of amides is 2. The minimum Gasteiger partial charge on any atom is -0.378 e. The molecule has 1 aromatic rings. The van der Waals surface area contributed by atoms with Crippen molar-refractivity contribution in [2.45, 2.75) is 65.1 Å². The number of hydrogen-bond donors (Lipinski definition) is 2. The summed E-state index contributed by atoms with van der Waals surface area (Å²) in [6, 6.07) is 8.49. The Morgan fingerprint density at radius 3 is 2.74 bits per heavy atom. The van der Waals surface area contributed by atoms with Crippen LogP contribution in [0.2, 0.25) is 0 Å². The van der Waals surface area contributed by atoms with Crippen molar-refractivity contribution in [1.29, 1.82) is 0 Å². The number of hydrogen-bond acceptors (Lipinski definition) is 2. The summed E-state index contributed by atoms with van der Waals surface area (Å²) in [6.45, 7) is 7.87. The molecule has 1 aliphatic heterocycles. The molecule has 0 bridgehead atoms. The van der Waals surface area contributed by atoms with E-state index < -0.39 is 0 Å². The number of rotatable bonds is 6. The van der Waals surface area contributed by atoms with Gasteiger partial charge in [-0.2, -0.15) is 0 Å². The van der Waals surface area contributed by atoms with E-state index in [1.165, 1.54) is 11.1 Å². The van der Waals surface area contributed by atoms with E-state index in [1.807, 2.05) is 6.07 Å². The molecule has 2 amide bonds. The van der Waals surface area contributed by atoms with Gasteiger partial charge in [0.2, 0.25) is 0 Å². The highest BCUT2D eigenvalue weighted by atomic mass is 16.5. The zero-order chi connectivity index (χ0) is 16.7. The number of carbonyl (C=O) groups excluding carboxylic acids is 1. The van der Waals surface area contributed by atoms with Crippen molar-refractivity contribution in [1.82, 2.24) is 10.6 Å². The van der Waals surface area contributed by atoms with E-state index in [9.17, 15) is 4.79 Å². The van der Waals surface area contributed by atoms with Crippen LogP contribution in [0.4, 0.5) is 4.79 Å². The van der Waals surface area contributed by atoms with Crippen molar-refractivity contribution in [3.63, 3.8) is 0 Å². The molecule has 4 heteroatoms. The van der Waals surface area contributed by atoms with E-state index in [0.29, 0.717) is 12.5 Å². The first-order chi connectivity index (χ1) is 11.1. The lowest BCUT2D eigenvalue weighted by Gasteiger charge is -2.29. The quantitative estimate of drug-likeness (QED) is 0.841. The van der Waals surface area contributed by atoms with Gasteiger partial charge in [0.15, 0.2) is 0 Å². The summed E-state index contributed by atoms with van der Waals surface area (Å²) in [6.07, 6.45) is 4.13.